The summed E-state index contributed by atoms with van der Waals surface area (Å²) in [4.78, 5) is 13.9. The van der Waals surface area contributed by atoms with Gasteiger partial charge >= 0.3 is 0 Å². The second kappa shape index (κ2) is 10.1. The van der Waals surface area contributed by atoms with Crippen LogP contribution in [0.15, 0.2) is 0 Å². The second-order valence-electron chi connectivity index (χ2n) is 5.98. The second-order valence-corrected chi connectivity index (χ2v) is 5.98. The van der Waals surface area contributed by atoms with E-state index in [-0.39, 0.29) is 5.91 Å². The van der Waals surface area contributed by atoms with E-state index >= 15 is 0 Å². The highest BCUT2D eigenvalue weighted by molar-refractivity contribution is 5.75. The molecule has 0 aromatic heterocycles. The summed E-state index contributed by atoms with van der Waals surface area (Å²) in [6.07, 6.45) is 6.32. The number of hydrogen-bond donors (Lipinski definition) is 2. The van der Waals surface area contributed by atoms with Gasteiger partial charge in [-0.25, -0.2) is 0 Å². The van der Waals surface area contributed by atoms with Crippen molar-refractivity contribution in [1.29, 1.82) is 0 Å². The summed E-state index contributed by atoms with van der Waals surface area (Å²) in [5.74, 6) is 0.818. The number of carbonyl (C=O) groups excluding carboxylic acids is 1. The number of nitrogens with two attached hydrogens (primary N) is 1. The molecule has 5 heteroatoms. The van der Waals surface area contributed by atoms with E-state index in [4.69, 9.17) is 10.5 Å². The van der Waals surface area contributed by atoms with Crippen molar-refractivity contribution in [2.24, 2.45) is 11.7 Å². The Morgan fingerprint density at radius 1 is 1.40 bits per heavy atom. The van der Waals surface area contributed by atoms with Crippen LogP contribution in [-0.2, 0) is 9.53 Å². The Kier molecular flexibility index (Phi) is 8.82. The van der Waals surface area contributed by atoms with Crippen LogP contribution in [0, 0.1) is 5.92 Å². The predicted molar refractivity (Wildman–Crippen MR) is 81.6 cm³/mol. The summed E-state index contributed by atoms with van der Waals surface area (Å²) in [6, 6.07) is 0.353. The monoisotopic (exact) mass is 285 g/mol. The van der Waals surface area contributed by atoms with E-state index in [0.717, 1.165) is 39.0 Å². The number of carbonyl (C=O) groups is 1. The molecule has 0 radical (unpaired) electrons. The molecule has 1 aliphatic rings. The lowest BCUT2D eigenvalue weighted by atomic mass is 9.83. The first-order valence-corrected chi connectivity index (χ1v) is 7.81. The maximum absolute atomic E-state index is 11.8. The summed E-state index contributed by atoms with van der Waals surface area (Å²) < 4.78 is 5.02. The van der Waals surface area contributed by atoms with Crippen LogP contribution in [0.4, 0.5) is 0 Å². The quantitative estimate of drug-likeness (QED) is 0.662. The van der Waals surface area contributed by atoms with Crippen molar-refractivity contribution in [1.82, 2.24) is 10.2 Å². The summed E-state index contributed by atoms with van der Waals surface area (Å²) in [5.41, 5.74) is 5.97. The molecule has 1 fully saturated rings. The van der Waals surface area contributed by atoms with Gasteiger partial charge in [-0.05, 0) is 32.2 Å². The normalized spacial score (nSPS) is 23.0. The van der Waals surface area contributed by atoms with Crippen LogP contribution in [0.1, 0.15) is 38.5 Å². The van der Waals surface area contributed by atoms with Gasteiger partial charge < -0.3 is 20.7 Å². The van der Waals surface area contributed by atoms with Crippen LogP contribution >= 0.6 is 0 Å². The Morgan fingerprint density at radius 3 is 2.90 bits per heavy atom. The van der Waals surface area contributed by atoms with Crippen molar-refractivity contribution >= 4 is 5.91 Å². The lowest BCUT2D eigenvalue weighted by Crippen LogP contribution is -2.34. The molecule has 0 aromatic rings. The summed E-state index contributed by atoms with van der Waals surface area (Å²) in [7, 11) is 3.74. The molecule has 0 bridgehead atoms. The van der Waals surface area contributed by atoms with Crippen molar-refractivity contribution in [2.75, 3.05) is 40.4 Å². The number of amides is 1. The Bertz CT molecular complexity index is 274. The standard InChI is InChI=1S/C15H31N3O2/c1-18(10-11-20-2)9-8-17-15(19)7-6-13-4-3-5-14(16)12-13/h13-14H,3-12,16H2,1-2H3,(H,17,19). The topological polar surface area (TPSA) is 67.6 Å². The smallest absolute Gasteiger partial charge is 0.220 e. The minimum Gasteiger partial charge on any atom is -0.383 e. The molecule has 0 saturated heterocycles. The van der Waals surface area contributed by atoms with Crippen molar-refractivity contribution in [3.63, 3.8) is 0 Å². The summed E-state index contributed by atoms with van der Waals surface area (Å²) in [6.45, 7) is 3.20. The fraction of sp³-hybridized carbons (Fsp3) is 0.933. The highest BCUT2D eigenvalue weighted by Crippen LogP contribution is 2.26. The predicted octanol–water partition coefficient (Wildman–Crippen LogP) is 0.979. The molecule has 5 nitrogen and oxygen atoms in total. The highest BCUT2D eigenvalue weighted by Gasteiger charge is 2.19. The lowest BCUT2D eigenvalue weighted by molar-refractivity contribution is -0.121. The van der Waals surface area contributed by atoms with E-state index in [1.807, 2.05) is 7.05 Å². The molecule has 1 aliphatic carbocycles. The first-order chi connectivity index (χ1) is 9.61. The molecule has 0 aromatic carbocycles. The Morgan fingerprint density at radius 2 is 2.20 bits per heavy atom. The number of hydrogen-bond acceptors (Lipinski definition) is 4. The van der Waals surface area contributed by atoms with Crippen molar-refractivity contribution in [3.05, 3.63) is 0 Å². The number of methoxy groups -OCH3 is 1. The zero-order valence-corrected chi connectivity index (χ0v) is 13.1. The highest BCUT2D eigenvalue weighted by atomic mass is 16.5. The molecule has 2 atom stereocenters. The van der Waals surface area contributed by atoms with Crippen molar-refractivity contribution in [2.45, 2.75) is 44.6 Å². The molecule has 1 amide bonds. The Hall–Kier alpha value is -0.650. The number of likely N-dealkylation sites (N-methyl/N-ethyl adjacent to an activating group) is 1. The van der Waals surface area contributed by atoms with Crippen LogP contribution in [-0.4, -0.2) is 57.2 Å². The van der Waals surface area contributed by atoms with Gasteiger partial charge in [0.25, 0.3) is 0 Å². The number of nitrogens with one attached hydrogen (secondary N) is 1. The van der Waals surface area contributed by atoms with Gasteiger partial charge in [0, 0.05) is 39.2 Å². The molecule has 1 rings (SSSR count). The average Bonchev–Trinajstić information content (AvgIpc) is 2.43. The molecule has 0 spiro atoms. The Balaban J connectivity index is 2.02. The molecule has 1 saturated carbocycles. The Labute approximate surface area is 123 Å². The number of rotatable bonds is 9. The van der Waals surface area contributed by atoms with Gasteiger partial charge in [0.15, 0.2) is 0 Å². The summed E-state index contributed by atoms with van der Waals surface area (Å²) in [5, 5.41) is 2.99. The minimum absolute atomic E-state index is 0.171. The third-order valence-corrected chi connectivity index (χ3v) is 4.10. The van der Waals surface area contributed by atoms with Gasteiger partial charge in [-0.2, -0.15) is 0 Å². The van der Waals surface area contributed by atoms with E-state index in [0.29, 0.717) is 24.9 Å². The zero-order chi connectivity index (χ0) is 14.8. The molecule has 3 N–H and O–H groups in total. The van der Waals surface area contributed by atoms with Crippen LogP contribution in [0.25, 0.3) is 0 Å². The van der Waals surface area contributed by atoms with Crippen LogP contribution < -0.4 is 11.1 Å². The van der Waals surface area contributed by atoms with Crippen LogP contribution in [0.3, 0.4) is 0 Å². The molecule has 20 heavy (non-hydrogen) atoms. The van der Waals surface area contributed by atoms with E-state index in [1.54, 1.807) is 7.11 Å². The largest absolute Gasteiger partial charge is 0.383 e. The van der Waals surface area contributed by atoms with E-state index in [1.165, 1.54) is 12.8 Å². The van der Waals surface area contributed by atoms with Crippen LogP contribution in [0.5, 0.6) is 0 Å². The van der Waals surface area contributed by atoms with Gasteiger partial charge in [-0.1, -0.05) is 12.8 Å². The third-order valence-electron chi connectivity index (χ3n) is 4.10. The van der Waals surface area contributed by atoms with Crippen LogP contribution in [0.2, 0.25) is 0 Å². The SMILES string of the molecule is COCCN(C)CCNC(=O)CCC1CCCC(N)C1. The van der Waals surface area contributed by atoms with Gasteiger partial charge in [0.1, 0.15) is 0 Å². The van der Waals surface area contributed by atoms with E-state index < -0.39 is 0 Å². The fourth-order valence-corrected chi connectivity index (χ4v) is 2.76. The van der Waals surface area contributed by atoms with E-state index in [9.17, 15) is 4.79 Å². The number of ether oxygens (including phenoxy) is 1. The molecule has 0 aliphatic heterocycles. The molecule has 2 unspecified atom stereocenters. The maximum Gasteiger partial charge on any atom is 0.220 e. The fourth-order valence-electron chi connectivity index (χ4n) is 2.76. The zero-order valence-electron chi connectivity index (χ0n) is 13.1. The van der Waals surface area contributed by atoms with Gasteiger partial charge in [0.05, 0.1) is 6.61 Å². The first-order valence-electron chi connectivity index (χ1n) is 7.81. The van der Waals surface area contributed by atoms with Gasteiger partial charge in [-0.15, -0.1) is 0 Å². The minimum atomic E-state index is 0.171. The van der Waals surface area contributed by atoms with Crippen molar-refractivity contribution < 1.29 is 9.53 Å². The van der Waals surface area contributed by atoms with Gasteiger partial charge in [-0.3, -0.25) is 4.79 Å². The average molecular weight is 285 g/mol. The number of nitrogens with zero attached hydrogens (tertiary/aromatic N) is 1. The third kappa shape index (κ3) is 7.82. The summed E-state index contributed by atoms with van der Waals surface area (Å²) >= 11 is 0. The molecule has 0 heterocycles. The van der Waals surface area contributed by atoms with E-state index in [2.05, 4.69) is 10.2 Å². The first kappa shape index (κ1) is 17.4. The molecular weight excluding hydrogens is 254 g/mol. The maximum atomic E-state index is 11.8. The molecular formula is C15H31N3O2. The van der Waals surface area contributed by atoms with Crippen molar-refractivity contribution in [3.8, 4) is 0 Å². The molecule has 118 valence electrons. The van der Waals surface area contributed by atoms with Gasteiger partial charge in [0.2, 0.25) is 5.91 Å². The lowest BCUT2D eigenvalue weighted by Gasteiger charge is -2.26.